The first-order valence-electron chi connectivity index (χ1n) is 15.8. The van der Waals surface area contributed by atoms with Crippen molar-refractivity contribution in [1.82, 2.24) is 0 Å². The fraction of sp³-hybridized carbons (Fsp3) is 0.0222. The number of aromatic hydroxyl groups is 1. The van der Waals surface area contributed by atoms with Crippen LogP contribution in [0.15, 0.2) is 176 Å². The second kappa shape index (κ2) is 10.3. The Morgan fingerprint density at radius 1 is 0.326 bits per heavy atom. The maximum Gasteiger partial charge on any atom is 0.115 e. The van der Waals surface area contributed by atoms with E-state index in [9.17, 15) is 5.11 Å². The first-order chi connectivity index (χ1) is 22.7. The van der Waals surface area contributed by atoms with Crippen molar-refractivity contribution >= 4 is 21.5 Å². The summed E-state index contributed by atoms with van der Waals surface area (Å²) in [6.45, 7) is 0. The maximum atomic E-state index is 10.4. The molecule has 0 aromatic heterocycles. The SMILES string of the molecule is Oc1ccc(C2(c3ccccc3)c3cc(-c4ccc5ccccc5c4)ccc3-c3ccc(-c4ccc5ccccc5c4)cc32)cc1. The van der Waals surface area contributed by atoms with Crippen LogP contribution in [0.25, 0.3) is 54.9 Å². The lowest BCUT2D eigenvalue weighted by Crippen LogP contribution is -2.28. The minimum Gasteiger partial charge on any atom is -0.508 e. The summed E-state index contributed by atoms with van der Waals surface area (Å²) < 4.78 is 0. The average Bonchev–Trinajstić information content (AvgIpc) is 3.41. The summed E-state index contributed by atoms with van der Waals surface area (Å²) in [5.41, 5.74) is 11.5. The lowest BCUT2D eigenvalue weighted by Gasteiger charge is -2.34. The van der Waals surface area contributed by atoms with Crippen molar-refractivity contribution < 1.29 is 5.11 Å². The summed E-state index contributed by atoms with van der Waals surface area (Å²) >= 11 is 0. The van der Waals surface area contributed by atoms with Crippen LogP contribution in [0.4, 0.5) is 0 Å². The van der Waals surface area contributed by atoms with E-state index in [1.807, 2.05) is 12.1 Å². The Bertz CT molecular complexity index is 2290. The molecule has 0 unspecified atom stereocenters. The van der Waals surface area contributed by atoms with E-state index in [-0.39, 0.29) is 5.75 Å². The van der Waals surface area contributed by atoms with Gasteiger partial charge < -0.3 is 5.11 Å². The van der Waals surface area contributed by atoms with Crippen LogP contribution in [0.2, 0.25) is 0 Å². The Hall–Kier alpha value is -5.92. The predicted octanol–water partition coefficient (Wildman–Crippen LogP) is 11.4. The van der Waals surface area contributed by atoms with Crippen molar-refractivity contribution in [2.24, 2.45) is 0 Å². The van der Waals surface area contributed by atoms with E-state index >= 15 is 0 Å². The quantitative estimate of drug-likeness (QED) is 0.217. The van der Waals surface area contributed by atoms with Gasteiger partial charge in [-0.15, -0.1) is 0 Å². The number of phenolic OH excluding ortho intramolecular Hbond substituents is 1. The zero-order valence-electron chi connectivity index (χ0n) is 25.2. The fourth-order valence-corrected chi connectivity index (χ4v) is 7.61. The Kier molecular flexibility index (Phi) is 5.94. The van der Waals surface area contributed by atoms with Crippen LogP contribution in [-0.2, 0) is 5.41 Å². The summed E-state index contributed by atoms with van der Waals surface area (Å²) in [6, 6.07) is 63.2. The molecule has 46 heavy (non-hydrogen) atoms. The van der Waals surface area contributed by atoms with Crippen LogP contribution in [0.1, 0.15) is 22.3 Å². The molecule has 0 saturated heterocycles. The smallest absolute Gasteiger partial charge is 0.115 e. The van der Waals surface area contributed by atoms with Crippen LogP contribution in [0, 0.1) is 0 Å². The monoisotopic (exact) mass is 586 g/mol. The van der Waals surface area contributed by atoms with Gasteiger partial charge in [-0.3, -0.25) is 0 Å². The van der Waals surface area contributed by atoms with E-state index in [0.717, 1.165) is 5.56 Å². The predicted molar refractivity (Wildman–Crippen MR) is 191 cm³/mol. The van der Waals surface area contributed by atoms with Crippen LogP contribution >= 0.6 is 0 Å². The van der Waals surface area contributed by atoms with Crippen LogP contribution in [0.5, 0.6) is 5.75 Å². The zero-order chi connectivity index (χ0) is 30.7. The zero-order valence-corrected chi connectivity index (χ0v) is 25.2. The van der Waals surface area contributed by atoms with Crippen molar-refractivity contribution in [1.29, 1.82) is 0 Å². The molecule has 0 spiro atoms. The molecule has 9 rings (SSSR count). The number of hydrogen-bond acceptors (Lipinski definition) is 1. The van der Waals surface area contributed by atoms with Gasteiger partial charge in [0.15, 0.2) is 0 Å². The third kappa shape index (κ3) is 4.02. The number of benzene rings is 8. The third-order valence-electron chi connectivity index (χ3n) is 9.81. The normalized spacial score (nSPS) is 13.0. The van der Waals surface area contributed by atoms with Gasteiger partial charge in [-0.05, 0) is 114 Å². The fourth-order valence-electron chi connectivity index (χ4n) is 7.61. The van der Waals surface area contributed by atoms with Crippen LogP contribution < -0.4 is 0 Å². The lowest BCUT2D eigenvalue weighted by atomic mass is 9.67. The molecule has 8 aromatic carbocycles. The van der Waals surface area contributed by atoms with Gasteiger partial charge in [0.25, 0.3) is 0 Å². The molecule has 1 aliphatic carbocycles. The summed E-state index contributed by atoms with van der Waals surface area (Å²) in [7, 11) is 0. The first-order valence-corrected chi connectivity index (χ1v) is 15.8. The summed E-state index contributed by atoms with van der Waals surface area (Å²) in [4.78, 5) is 0. The van der Waals surface area contributed by atoms with E-state index in [1.54, 1.807) is 0 Å². The van der Waals surface area contributed by atoms with Crippen molar-refractivity contribution in [3.8, 4) is 39.1 Å². The second-order valence-corrected chi connectivity index (χ2v) is 12.3. The minimum absolute atomic E-state index is 0.264. The summed E-state index contributed by atoms with van der Waals surface area (Å²) in [5, 5.41) is 15.3. The highest BCUT2D eigenvalue weighted by Crippen LogP contribution is 2.57. The standard InChI is InChI=1S/C45H30O/c46-40-22-20-39(21-23-40)45(38-12-2-1-3-13-38)43-28-36(34-16-14-30-8-4-6-10-32(30)26-34)18-24-41(43)42-25-19-37(29-44(42)45)35-17-15-31-9-5-7-11-33(31)27-35/h1-29,46H. The van der Waals surface area contributed by atoms with Gasteiger partial charge in [0.05, 0.1) is 5.41 Å². The Balaban J connectivity index is 1.33. The summed E-state index contributed by atoms with van der Waals surface area (Å²) in [5.74, 6) is 0.264. The highest BCUT2D eigenvalue weighted by Gasteiger charge is 2.46. The molecule has 0 aliphatic heterocycles. The molecule has 0 radical (unpaired) electrons. The molecule has 1 aliphatic rings. The molecule has 0 atom stereocenters. The molecule has 1 heteroatoms. The topological polar surface area (TPSA) is 20.2 Å². The molecule has 0 bridgehead atoms. The molecule has 8 aromatic rings. The van der Waals surface area contributed by atoms with E-state index in [0.29, 0.717) is 0 Å². The van der Waals surface area contributed by atoms with E-state index < -0.39 is 5.41 Å². The van der Waals surface area contributed by atoms with Crippen molar-refractivity contribution in [2.45, 2.75) is 5.41 Å². The number of hydrogen-bond donors (Lipinski definition) is 1. The van der Waals surface area contributed by atoms with Crippen molar-refractivity contribution in [3.05, 3.63) is 198 Å². The van der Waals surface area contributed by atoms with Crippen LogP contribution in [0.3, 0.4) is 0 Å². The first kappa shape index (κ1) is 26.5. The molecular weight excluding hydrogens is 556 g/mol. The molecule has 1 nitrogen and oxygen atoms in total. The summed E-state index contributed by atoms with van der Waals surface area (Å²) in [6.07, 6.45) is 0. The van der Waals surface area contributed by atoms with Gasteiger partial charge in [-0.1, -0.05) is 140 Å². The molecular formula is C45H30O. The van der Waals surface area contributed by atoms with Gasteiger partial charge in [0.1, 0.15) is 5.75 Å². The molecule has 216 valence electrons. The third-order valence-corrected chi connectivity index (χ3v) is 9.81. The molecule has 1 N–H and O–H groups in total. The van der Waals surface area contributed by atoms with Gasteiger partial charge in [-0.25, -0.2) is 0 Å². The molecule has 0 saturated carbocycles. The van der Waals surface area contributed by atoms with Crippen molar-refractivity contribution in [3.63, 3.8) is 0 Å². The van der Waals surface area contributed by atoms with Gasteiger partial charge in [0, 0.05) is 0 Å². The Morgan fingerprint density at radius 3 is 1.26 bits per heavy atom. The van der Waals surface area contributed by atoms with E-state index in [1.165, 1.54) is 71.6 Å². The molecule has 0 amide bonds. The van der Waals surface area contributed by atoms with Gasteiger partial charge in [0.2, 0.25) is 0 Å². The highest BCUT2D eigenvalue weighted by atomic mass is 16.3. The average molecular weight is 587 g/mol. The largest absolute Gasteiger partial charge is 0.508 e. The number of fused-ring (bicyclic) bond motifs is 5. The van der Waals surface area contributed by atoms with Crippen molar-refractivity contribution in [2.75, 3.05) is 0 Å². The van der Waals surface area contributed by atoms with E-state index in [2.05, 4.69) is 164 Å². The minimum atomic E-state index is -0.584. The number of phenols is 1. The molecule has 0 heterocycles. The number of rotatable bonds is 4. The lowest BCUT2D eigenvalue weighted by molar-refractivity contribution is 0.475. The maximum absolute atomic E-state index is 10.4. The Labute approximate surface area is 268 Å². The molecule has 0 fully saturated rings. The highest BCUT2D eigenvalue weighted by molar-refractivity contribution is 5.93. The Morgan fingerprint density at radius 2 is 0.739 bits per heavy atom. The second-order valence-electron chi connectivity index (χ2n) is 12.3. The van der Waals surface area contributed by atoms with Crippen LogP contribution in [-0.4, -0.2) is 5.11 Å². The van der Waals surface area contributed by atoms with Gasteiger partial charge in [-0.2, -0.15) is 0 Å². The van der Waals surface area contributed by atoms with E-state index in [4.69, 9.17) is 0 Å². The van der Waals surface area contributed by atoms with Gasteiger partial charge >= 0.3 is 0 Å².